The van der Waals surface area contributed by atoms with E-state index in [1.807, 2.05) is 0 Å². The number of carbonyl (C=O) groups is 3. The molecular formula is C21H22N6O8. The molecule has 2 aromatic rings. The molecule has 4 atom stereocenters. The standard InChI is InChI=1S/C21H22N6O8/c1-11-9-27(21(33)24-17(11)28)16-8-13(25-26-22)15(35-16)10-34-20(32)18(29)23-14(19(30)31)7-12-5-3-2-4-6-12/h2-6,9,13-16H,7-8,10H2,1H3,(H,23,29)(H,30,31)(H,24,28,33). The van der Waals surface area contributed by atoms with Gasteiger partial charge in [-0.2, -0.15) is 0 Å². The molecule has 1 saturated heterocycles. The maximum Gasteiger partial charge on any atom is 0.396 e. The van der Waals surface area contributed by atoms with E-state index >= 15 is 0 Å². The number of carboxylic acids is 1. The first-order chi connectivity index (χ1) is 16.7. The zero-order valence-corrected chi connectivity index (χ0v) is 18.5. The number of benzene rings is 1. The molecule has 3 rings (SSSR count). The zero-order chi connectivity index (χ0) is 25.5. The van der Waals surface area contributed by atoms with Crippen LogP contribution in [0.1, 0.15) is 23.8 Å². The first-order valence-corrected chi connectivity index (χ1v) is 10.5. The second-order valence-corrected chi connectivity index (χ2v) is 7.77. The summed E-state index contributed by atoms with van der Waals surface area (Å²) in [6.07, 6.45) is -0.629. The van der Waals surface area contributed by atoms with Crippen LogP contribution in [0, 0.1) is 6.92 Å². The summed E-state index contributed by atoms with van der Waals surface area (Å²) >= 11 is 0. The van der Waals surface area contributed by atoms with Gasteiger partial charge in [0.15, 0.2) is 0 Å². The van der Waals surface area contributed by atoms with E-state index in [9.17, 15) is 29.1 Å². The lowest BCUT2D eigenvalue weighted by Crippen LogP contribution is -2.46. The summed E-state index contributed by atoms with van der Waals surface area (Å²) in [5, 5.41) is 15.1. The van der Waals surface area contributed by atoms with Crippen molar-refractivity contribution in [3.8, 4) is 0 Å². The molecular weight excluding hydrogens is 464 g/mol. The second-order valence-electron chi connectivity index (χ2n) is 7.77. The highest BCUT2D eigenvalue weighted by atomic mass is 16.6. The van der Waals surface area contributed by atoms with Gasteiger partial charge in [0.2, 0.25) is 0 Å². The molecule has 2 heterocycles. The second kappa shape index (κ2) is 11.1. The largest absolute Gasteiger partial charge is 0.480 e. The molecule has 0 saturated carbocycles. The smallest absolute Gasteiger partial charge is 0.396 e. The van der Waals surface area contributed by atoms with Gasteiger partial charge in [-0.3, -0.25) is 19.1 Å². The van der Waals surface area contributed by atoms with Gasteiger partial charge in [0.1, 0.15) is 25.0 Å². The Morgan fingerprint density at radius 3 is 2.71 bits per heavy atom. The molecule has 14 nitrogen and oxygen atoms in total. The minimum Gasteiger partial charge on any atom is -0.480 e. The average Bonchev–Trinajstić information content (AvgIpc) is 3.22. The highest BCUT2D eigenvalue weighted by Crippen LogP contribution is 2.30. The van der Waals surface area contributed by atoms with Crippen LogP contribution in [0.15, 0.2) is 51.2 Å². The Kier molecular flexibility index (Phi) is 8.02. The summed E-state index contributed by atoms with van der Waals surface area (Å²) in [5.74, 6) is -3.95. The molecule has 1 aromatic heterocycles. The number of aryl methyl sites for hydroxylation is 1. The lowest BCUT2D eigenvalue weighted by molar-refractivity contribution is -0.159. The van der Waals surface area contributed by atoms with Gasteiger partial charge in [-0.1, -0.05) is 35.4 Å². The zero-order valence-electron chi connectivity index (χ0n) is 18.5. The van der Waals surface area contributed by atoms with Gasteiger partial charge in [0, 0.05) is 29.5 Å². The third-order valence-electron chi connectivity index (χ3n) is 5.31. The number of amides is 1. The quantitative estimate of drug-likeness (QED) is 0.154. The summed E-state index contributed by atoms with van der Waals surface area (Å²) in [6, 6.07) is 6.33. The minimum absolute atomic E-state index is 0.0437. The molecule has 35 heavy (non-hydrogen) atoms. The summed E-state index contributed by atoms with van der Waals surface area (Å²) in [5.41, 5.74) is 8.44. The number of carboxylic acid groups (broad SMARTS) is 1. The van der Waals surface area contributed by atoms with Crippen LogP contribution in [0.2, 0.25) is 0 Å². The van der Waals surface area contributed by atoms with E-state index in [1.54, 1.807) is 30.3 Å². The van der Waals surface area contributed by atoms with E-state index in [1.165, 1.54) is 13.1 Å². The van der Waals surface area contributed by atoms with Crippen molar-refractivity contribution < 1.29 is 29.0 Å². The molecule has 4 unspecified atom stereocenters. The number of hydrogen-bond donors (Lipinski definition) is 3. The molecule has 0 spiro atoms. The van der Waals surface area contributed by atoms with Crippen LogP contribution >= 0.6 is 0 Å². The van der Waals surface area contributed by atoms with Gasteiger partial charge in [0.05, 0.1) is 6.04 Å². The number of rotatable bonds is 8. The third-order valence-corrected chi connectivity index (χ3v) is 5.31. The normalized spacial score (nSPS) is 19.9. The molecule has 3 N–H and O–H groups in total. The number of aromatic nitrogens is 2. The monoisotopic (exact) mass is 486 g/mol. The number of H-pyrrole nitrogens is 1. The Morgan fingerprint density at radius 1 is 1.34 bits per heavy atom. The summed E-state index contributed by atoms with van der Waals surface area (Å²) in [6.45, 7) is 0.995. The van der Waals surface area contributed by atoms with Crippen LogP contribution in [0.5, 0.6) is 0 Å². The molecule has 1 aliphatic rings. The summed E-state index contributed by atoms with van der Waals surface area (Å²) < 4.78 is 11.8. The minimum atomic E-state index is -1.36. The number of ether oxygens (including phenoxy) is 2. The number of esters is 1. The van der Waals surface area contributed by atoms with Crippen molar-refractivity contribution in [2.75, 3.05) is 6.61 Å². The number of azide groups is 1. The van der Waals surface area contributed by atoms with Crippen molar-refractivity contribution in [1.29, 1.82) is 0 Å². The predicted molar refractivity (Wildman–Crippen MR) is 118 cm³/mol. The molecule has 14 heteroatoms. The van der Waals surface area contributed by atoms with E-state index in [0.29, 0.717) is 5.56 Å². The molecule has 1 fully saturated rings. The lowest BCUT2D eigenvalue weighted by atomic mass is 10.1. The predicted octanol–water partition coefficient (Wildman–Crippen LogP) is 0.167. The Balaban J connectivity index is 1.63. The number of nitrogens with one attached hydrogen (secondary N) is 2. The lowest BCUT2D eigenvalue weighted by Gasteiger charge is -2.17. The molecule has 0 bridgehead atoms. The fraction of sp³-hybridized carbons (Fsp3) is 0.381. The van der Waals surface area contributed by atoms with Crippen molar-refractivity contribution in [3.63, 3.8) is 0 Å². The van der Waals surface area contributed by atoms with E-state index in [4.69, 9.17) is 15.0 Å². The number of nitrogens with zero attached hydrogens (tertiary/aromatic N) is 4. The number of aliphatic carboxylic acids is 1. The van der Waals surface area contributed by atoms with Crippen molar-refractivity contribution in [2.24, 2.45) is 5.11 Å². The van der Waals surface area contributed by atoms with Crippen molar-refractivity contribution >= 4 is 17.8 Å². The highest BCUT2D eigenvalue weighted by molar-refractivity contribution is 6.32. The van der Waals surface area contributed by atoms with Crippen LogP contribution < -0.4 is 16.6 Å². The van der Waals surface area contributed by atoms with Gasteiger partial charge in [-0.05, 0) is 18.0 Å². The van der Waals surface area contributed by atoms with Gasteiger partial charge < -0.3 is 19.9 Å². The van der Waals surface area contributed by atoms with Gasteiger partial charge in [0.25, 0.3) is 5.56 Å². The highest BCUT2D eigenvalue weighted by Gasteiger charge is 2.37. The third kappa shape index (κ3) is 6.34. The molecule has 184 valence electrons. The molecule has 0 radical (unpaired) electrons. The first kappa shape index (κ1) is 25.2. The molecule has 0 aliphatic carbocycles. The van der Waals surface area contributed by atoms with Crippen molar-refractivity contribution in [3.05, 3.63) is 78.9 Å². The van der Waals surface area contributed by atoms with E-state index in [2.05, 4.69) is 20.3 Å². The summed E-state index contributed by atoms with van der Waals surface area (Å²) in [7, 11) is 0. The average molecular weight is 486 g/mol. The maximum absolute atomic E-state index is 12.2. The number of aromatic amines is 1. The van der Waals surface area contributed by atoms with E-state index in [0.717, 1.165) is 4.57 Å². The van der Waals surface area contributed by atoms with Gasteiger partial charge in [-0.25, -0.2) is 14.4 Å². The fourth-order valence-corrected chi connectivity index (χ4v) is 3.51. The van der Waals surface area contributed by atoms with E-state index in [-0.39, 0.29) is 18.4 Å². The maximum atomic E-state index is 12.2. The Morgan fingerprint density at radius 2 is 2.06 bits per heavy atom. The van der Waals surface area contributed by atoms with Crippen LogP contribution in [0.25, 0.3) is 10.4 Å². The Labute approximate surface area is 197 Å². The first-order valence-electron chi connectivity index (χ1n) is 10.5. The van der Waals surface area contributed by atoms with Crippen molar-refractivity contribution in [2.45, 2.75) is 44.2 Å². The Bertz CT molecular complexity index is 1270. The Hall–Kier alpha value is -4.42. The van der Waals surface area contributed by atoms with Crippen LogP contribution in [0.4, 0.5) is 0 Å². The van der Waals surface area contributed by atoms with Crippen LogP contribution in [-0.4, -0.2) is 57.3 Å². The van der Waals surface area contributed by atoms with Gasteiger partial charge in [-0.15, -0.1) is 0 Å². The summed E-state index contributed by atoms with van der Waals surface area (Å²) in [4.78, 5) is 64.5. The molecule has 1 aromatic carbocycles. The topological polar surface area (TPSA) is 206 Å². The molecule has 1 amide bonds. The number of carbonyl (C=O) groups excluding carboxylic acids is 2. The SMILES string of the molecule is Cc1cn(C2CC(N=[N+]=[N-])C(COC(=O)C(=O)NC(Cc3ccccc3)C(=O)O)O2)c(=O)[nH]c1=O. The van der Waals surface area contributed by atoms with E-state index < -0.39 is 60.1 Å². The molecule has 1 aliphatic heterocycles. The van der Waals surface area contributed by atoms with Crippen LogP contribution in [0.3, 0.4) is 0 Å². The number of hydrogen-bond acceptors (Lipinski definition) is 8. The van der Waals surface area contributed by atoms with Crippen molar-refractivity contribution in [1.82, 2.24) is 14.9 Å². The van der Waals surface area contributed by atoms with Gasteiger partial charge >= 0.3 is 23.5 Å². The fourth-order valence-electron chi connectivity index (χ4n) is 3.51. The van der Waals surface area contributed by atoms with Crippen LogP contribution in [-0.2, 0) is 30.3 Å².